The summed E-state index contributed by atoms with van der Waals surface area (Å²) in [5.41, 5.74) is 2.75. The van der Waals surface area contributed by atoms with Crippen LogP contribution in [0.5, 0.6) is 11.5 Å². The standard InChI is InChI=1S/C24H27N2O6P.2Na/c1-25(2)24(27)26(18-19-6-4-3-5-7-19)16-17-31-22-12-8-20(9-13-22)21-10-14-23(15-11-21)32-33(28,29)30;;/h3-15H,16-18H2,1-2H3,(H2,28,29,30);;/q;2*+1/p-2. The largest absolute Gasteiger partial charge is 1.00 e. The van der Waals surface area contributed by atoms with Crippen LogP contribution in [0.25, 0.3) is 11.1 Å². The van der Waals surface area contributed by atoms with E-state index in [-0.39, 0.29) is 70.9 Å². The molecule has 0 saturated heterocycles. The van der Waals surface area contributed by atoms with Crippen molar-refractivity contribution in [1.82, 2.24) is 9.80 Å². The van der Waals surface area contributed by atoms with Gasteiger partial charge in [-0.3, -0.25) is 0 Å². The van der Waals surface area contributed by atoms with Crippen LogP contribution in [0.1, 0.15) is 5.56 Å². The zero-order valence-electron chi connectivity index (χ0n) is 20.4. The zero-order chi connectivity index (χ0) is 23.8. The molecule has 0 radical (unpaired) electrons. The molecule has 0 fully saturated rings. The Hall–Kier alpha value is -1.32. The Balaban J connectivity index is 0.00000306. The van der Waals surface area contributed by atoms with Crippen LogP contribution in [-0.4, -0.2) is 43.1 Å². The van der Waals surface area contributed by atoms with E-state index in [9.17, 15) is 19.1 Å². The number of urea groups is 1. The van der Waals surface area contributed by atoms with Crippen LogP contribution >= 0.6 is 7.82 Å². The molecule has 8 nitrogen and oxygen atoms in total. The number of carbonyl (C=O) groups excluding carboxylic acids is 1. The summed E-state index contributed by atoms with van der Waals surface area (Å²) < 4.78 is 20.9. The summed E-state index contributed by atoms with van der Waals surface area (Å²) in [5.74, 6) is 0.633. The van der Waals surface area contributed by atoms with Crippen molar-refractivity contribution in [3.05, 3.63) is 84.4 Å². The van der Waals surface area contributed by atoms with Crippen molar-refractivity contribution in [3.8, 4) is 22.6 Å². The molecule has 11 heteroatoms. The molecular formula is C24H25N2Na2O6P. The molecule has 0 aromatic heterocycles. The maximum atomic E-state index is 12.5. The van der Waals surface area contributed by atoms with Crippen molar-refractivity contribution in [2.75, 3.05) is 27.2 Å². The number of hydrogen-bond acceptors (Lipinski definition) is 6. The van der Waals surface area contributed by atoms with Crippen LogP contribution in [-0.2, 0) is 11.1 Å². The quantitative estimate of drug-likeness (QED) is 0.225. The van der Waals surface area contributed by atoms with Gasteiger partial charge in [0.15, 0.2) is 0 Å². The first-order valence-corrected chi connectivity index (χ1v) is 11.7. The average molecular weight is 514 g/mol. The van der Waals surface area contributed by atoms with Crippen molar-refractivity contribution in [2.45, 2.75) is 6.54 Å². The number of nitrogens with zero attached hydrogens (tertiary/aromatic N) is 2. The molecule has 0 aliphatic rings. The molecule has 174 valence electrons. The van der Waals surface area contributed by atoms with E-state index >= 15 is 0 Å². The van der Waals surface area contributed by atoms with Crippen LogP contribution in [0, 0.1) is 0 Å². The Morgan fingerprint density at radius 3 is 1.83 bits per heavy atom. The summed E-state index contributed by atoms with van der Waals surface area (Å²) in [6.45, 7) is 1.26. The van der Waals surface area contributed by atoms with Crippen molar-refractivity contribution < 1.29 is 87.5 Å². The molecule has 0 N–H and O–H groups in total. The summed E-state index contributed by atoms with van der Waals surface area (Å²) in [6, 6.07) is 23.2. The Kier molecular flexibility index (Phi) is 13.6. The fourth-order valence-electron chi connectivity index (χ4n) is 3.18. The molecule has 3 aromatic rings. The van der Waals surface area contributed by atoms with Crippen molar-refractivity contribution >= 4 is 13.9 Å². The van der Waals surface area contributed by atoms with Gasteiger partial charge >= 0.3 is 65.1 Å². The second-order valence-electron chi connectivity index (χ2n) is 7.52. The molecule has 2 amide bonds. The molecule has 3 rings (SSSR count). The van der Waals surface area contributed by atoms with E-state index in [1.807, 2.05) is 54.6 Å². The maximum absolute atomic E-state index is 12.5. The van der Waals surface area contributed by atoms with Gasteiger partial charge in [-0.05, 0) is 41.0 Å². The topological polar surface area (TPSA) is 105 Å². The van der Waals surface area contributed by atoms with E-state index in [4.69, 9.17) is 4.74 Å². The van der Waals surface area contributed by atoms with Gasteiger partial charge in [0.1, 0.15) is 25.9 Å². The molecule has 0 heterocycles. The molecule has 0 bridgehead atoms. The van der Waals surface area contributed by atoms with E-state index in [0.717, 1.165) is 16.7 Å². The van der Waals surface area contributed by atoms with Gasteiger partial charge in [0.2, 0.25) is 0 Å². The number of phosphoric acid groups is 1. The Morgan fingerprint density at radius 2 is 1.34 bits per heavy atom. The van der Waals surface area contributed by atoms with Gasteiger partial charge in [-0.25, -0.2) is 4.79 Å². The summed E-state index contributed by atoms with van der Waals surface area (Å²) in [4.78, 5) is 37.2. The minimum Gasteiger partial charge on any atom is -0.780 e. The third-order valence-corrected chi connectivity index (χ3v) is 5.19. The maximum Gasteiger partial charge on any atom is 1.00 e. The molecule has 0 atom stereocenters. The third-order valence-electron chi connectivity index (χ3n) is 4.76. The summed E-state index contributed by atoms with van der Waals surface area (Å²) in [6.07, 6.45) is 0. The van der Waals surface area contributed by atoms with Crippen LogP contribution in [0.3, 0.4) is 0 Å². The van der Waals surface area contributed by atoms with Gasteiger partial charge in [0.05, 0.1) is 6.54 Å². The minimum atomic E-state index is -5.08. The van der Waals surface area contributed by atoms with E-state index in [2.05, 4.69) is 4.52 Å². The molecule has 0 spiro atoms. The van der Waals surface area contributed by atoms with Crippen molar-refractivity contribution in [3.63, 3.8) is 0 Å². The predicted octanol–water partition coefficient (Wildman–Crippen LogP) is -2.87. The minimum absolute atomic E-state index is 0. The molecule has 3 aromatic carbocycles. The van der Waals surface area contributed by atoms with E-state index in [0.29, 0.717) is 25.4 Å². The molecule has 0 unspecified atom stereocenters. The van der Waals surface area contributed by atoms with Crippen LogP contribution in [0.2, 0.25) is 0 Å². The first kappa shape index (κ1) is 31.7. The van der Waals surface area contributed by atoms with Gasteiger partial charge in [-0.15, -0.1) is 0 Å². The van der Waals surface area contributed by atoms with Crippen LogP contribution in [0.15, 0.2) is 78.9 Å². The fraction of sp³-hybridized carbons (Fsp3) is 0.208. The van der Waals surface area contributed by atoms with Gasteiger partial charge < -0.3 is 33.4 Å². The second kappa shape index (κ2) is 15.1. The monoisotopic (exact) mass is 514 g/mol. The van der Waals surface area contributed by atoms with Gasteiger partial charge in [-0.2, -0.15) is 0 Å². The van der Waals surface area contributed by atoms with E-state index in [1.54, 1.807) is 36.0 Å². The number of carbonyl (C=O) groups is 1. The average Bonchev–Trinajstić information content (AvgIpc) is 2.78. The Morgan fingerprint density at radius 1 is 0.829 bits per heavy atom. The van der Waals surface area contributed by atoms with E-state index in [1.165, 1.54) is 12.1 Å². The van der Waals surface area contributed by atoms with Gasteiger partial charge in [0, 0.05) is 20.6 Å². The number of phosphoric ester groups is 1. The summed E-state index contributed by atoms with van der Waals surface area (Å²) >= 11 is 0. The first-order chi connectivity index (χ1) is 15.7. The summed E-state index contributed by atoms with van der Waals surface area (Å²) in [5, 5.41) is 0. The van der Waals surface area contributed by atoms with Crippen LogP contribution < -0.4 is 78.2 Å². The molecule has 0 aliphatic heterocycles. The molecule has 0 saturated carbocycles. The van der Waals surface area contributed by atoms with Crippen molar-refractivity contribution in [1.29, 1.82) is 0 Å². The van der Waals surface area contributed by atoms with Crippen molar-refractivity contribution in [2.24, 2.45) is 0 Å². The Bertz CT molecular complexity index is 1090. The normalized spacial score (nSPS) is 10.4. The molecule has 0 aliphatic carbocycles. The molecule has 35 heavy (non-hydrogen) atoms. The number of benzene rings is 3. The fourth-order valence-corrected chi connectivity index (χ4v) is 3.56. The number of ether oxygens (including phenoxy) is 1. The van der Waals surface area contributed by atoms with Gasteiger partial charge in [-0.1, -0.05) is 54.6 Å². The van der Waals surface area contributed by atoms with Crippen LogP contribution in [0.4, 0.5) is 4.79 Å². The summed E-state index contributed by atoms with van der Waals surface area (Å²) in [7, 11) is -1.63. The van der Waals surface area contributed by atoms with Gasteiger partial charge in [0.25, 0.3) is 0 Å². The number of hydrogen-bond donors (Lipinski definition) is 0. The SMILES string of the molecule is CN(C)C(=O)N(CCOc1ccc(-c2ccc(OP(=O)([O-])[O-])cc2)cc1)Cc1ccccc1.[Na+].[Na+]. The first-order valence-electron chi connectivity index (χ1n) is 10.3. The van der Waals surface area contributed by atoms with E-state index < -0.39 is 7.82 Å². The number of amides is 2. The number of rotatable bonds is 9. The zero-order valence-corrected chi connectivity index (χ0v) is 25.3. The smallest absolute Gasteiger partial charge is 0.780 e. The second-order valence-corrected chi connectivity index (χ2v) is 8.60. The predicted molar refractivity (Wildman–Crippen MR) is 122 cm³/mol. The Labute approximate surface area is 250 Å². The molecular weight excluding hydrogens is 489 g/mol. The third kappa shape index (κ3) is 10.7.